The van der Waals surface area contributed by atoms with Crippen molar-refractivity contribution in [1.82, 2.24) is 10.2 Å². The molecule has 82 valence electrons. The van der Waals surface area contributed by atoms with Gasteiger partial charge in [-0.2, -0.15) is 0 Å². The van der Waals surface area contributed by atoms with E-state index in [1.807, 2.05) is 0 Å². The quantitative estimate of drug-likeness (QED) is 0.563. The average Bonchev–Trinajstić information content (AvgIpc) is 2.92. The van der Waals surface area contributed by atoms with Crippen LogP contribution in [0.1, 0.15) is 6.42 Å². The first-order valence-electron chi connectivity index (χ1n) is 4.81. The van der Waals surface area contributed by atoms with Crippen molar-refractivity contribution in [3.63, 3.8) is 0 Å². The predicted molar refractivity (Wildman–Crippen MR) is 48.8 cm³/mol. The van der Waals surface area contributed by atoms with E-state index in [0.717, 1.165) is 4.90 Å². The SMILES string of the molecule is CNC(CN1C(=O)C2CC2C1=O)C(=O)O. The van der Waals surface area contributed by atoms with Gasteiger partial charge >= 0.3 is 5.97 Å². The molecule has 6 nitrogen and oxygen atoms in total. The lowest BCUT2D eigenvalue weighted by molar-refractivity contribution is -0.144. The van der Waals surface area contributed by atoms with Gasteiger partial charge in [-0.25, -0.2) is 0 Å². The second kappa shape index (κ2) is 3.30. The minimum atomic E-state index is -1.06. The molecule has 1 aliphatic carbocycles. The number of carboxylic acid groups (broad SMARTS) is 1. The number of amides is 2. The zero-order valence-electron chi connectivity index (χ0n) is 8.27. The summed E-state index contributed by atoms with van der Waals surface area (Å²) < 4.78 is 0. The monoisotopic (exact) mass is 212 g/mol. The fourth-order valence-electron chi connectivity index (χ4n) is 1.91. The maximum Gasteiger partial charge on any atom is 0.322 e. The van der Waals surface area contributed by atoms with Crippen molar-refractivity contribution < 1.29 is 19.5 Å². The van der Waals surface area contributed by atoms with Gasteiger partial charge in [0.1, 0.15) is 6.04 Å². The number of likely N-dealkylation sites (tertiary alicyclic amines) is 1. The molecular formula is C9H12N2O4. The average molecular weight is 212 g/mol. The van der Waals surface area contributed by atoms with Crippen LogP contribution in [0.15, 0.2) is 0 Å². The molecule has 1 heterocycles. The Morgan fingerprint density at radius 1 is 1.53 bits per heavy atom. The molecule has 3 unspecified atom stereocenters. The number of carbonyl (C=O) groups excluding carboxylic acids is 2. The van der Waals surface area contributed by atoms with Crippen LogP contribution in [0.2, 0.25) is 0 Å². The van der Waals surface area contributed by atoms with Crippen LogP contribution in [-0.4, -0.2) is 47.4 Å². The molecule has 0 radical (unpaired) electrons. The van der Waals surface area contributed by atoms with Gasteiger partial charge in [-0.3, -0.25) is 19.3 Å². The molecule has 3 atom stereocenters. The summed E-state index contributed by atoms with van der Waals surface area (Å²) in [4.78, 5) is 34.8. The molecule has 15 heavy (non-hydrogen) atoms. The second-order valence-corrected chi connectivity index (χ2v) is 3.92. The van der Waals surface area contributed by atoms with Crippen LogP contribution in [0.4, 0.5) is 0 Å². The Kier molecular flexibility index (Phi) is 2.22. The van der Waals surface area contributed by atoms with Crippen molar-refractivity contribution in [2.45, 2.75) is 12.5 Å². The summed E-state index contributed by atoms with van der Waals surface area (Å²) in [5.41, 5.74) is 0. The third-order valence-electron chi connectivity index (χ3n) is 2.97. The molecule has 2 N–H and O–H groups in total. The van der Waals surface area contributed by atoms with Gasteiger partial charge in [-0.1, -0.05) is 0 Å². The summed E-state index contributed by atoms with van der Waals surface area (Å²) in [6.45, 7) is -0.0729. The van der Waals surface area contributed by atoms with Crippen molar-refractivity contribution in [2.24, 2.45) is 11.8 Å². The summed E-state index contributed by atoms with van der Waals surface area (Å²) in [6, 6.07) is -0.879. The molecule has 0 aromatic rings. The number of fused-ring (bicyclic) bond motifs is 1. The molecule has 1 saturated heterocycles. The number of hydrogen-bond donors (Lipinski definition) is 2. The summed E-state index contributed by atoms with van der Waals surface area (Å²) in [5, 5.41) is 11.3. The fraction of sp³-hybridized carbons (Fsp3) is 0.667. The van der Waals surface area contributed by atoms with Gasteiger partial charge in [-0.15, -0.1) is 0 Å². The lowest BCUT2D eigenvalue weighted by atomic mass is 10.2. The number of nitrogens with one attached hydrogen (secondary N) is 1. The van der Waals surface area contributed by atoms with Crippen molar-refractivity contribution in [3.05, 3.63) is 0 Å². The minimum Gasteiger partial charge on any atom is -0.480 e. The van der Waals surface area contributed by atoms with Gasteiger partial charge in [0.2, 0.25) is 11.8 Å². The van der Waals surface area contributed by atoms with E-state index < -0.39 is 12.0 Å². The van der Waals surface area contributed by atoms with Crippen LogP contribution >= 0.6 is 0 Å². The fourth-order valence-corrected chi connectivity index (χ4v) is 1.91. The summed E-state index contributed by atoms with van der Waals surface area (Å²) in [5.74, 6) is -1.82. The van der Waals surface area contributed by atoms with Gasteiger partial charge < -0.3 is 10.4 Å². The molecule has 2 fully saturated rings. The van der Waals surface area contributed by atoms with E-state index >= 15 is 0 Å². The van der Waals surface area contributed by atoms with Crippen molar-refractivity contribution in [3.8, 4) is 0 Å². The van der Waals surface area contributed by atoms with E-state index in [1.165, 1.54) is 7.05 Å². The van der Waals surface area contributed by atoms with Crippen molar-refractivity contribution in [2.75, 3.05) is 13.6 Å². The Morgan fingerprint density at radius 3 is 2.47 bits per heavy atom. The van der Waals surface area contributed by atoms with Crippen LogP contribution in [0.25, 0.3) is 0 Å². The largest absolute Gasteiger partial charge is 0.480 e. The number of aliphatic carboxylic acids is 1. The molecule has 6 heteroatoms. The van der Waals surface area contributed by atoms with E-state index in [0.29, 0.717) is 6.42 Å². The zero-order valence-corrected chi connectivity index (χ0v) is 8.27. The number of carboxylic acids is 1. The van der Waals surface area contributed by atoms with Crippen LogP contribution in [0.5, 0.6) is 0 Å². The van der Waals surface area contributed by atoms with Gasteiger partial charge in [0.25, 0.3) is 0 Å². The molecule has 0 bridgehead atoms. The van der Waals surface area contributed by atoms with E-state index in [2.05, 4.69) is 5.32 Å². The summed E-state index contributed by atoms with van der Waals surface area (Å²) in [6.07, 6.45) is 0.644. The zero-order chi connectivity index (χ0) is 11.2. The first-order valence-corrected chi connectivity index (χ1v) is 4.81. The Bertz CT molecular complexity index is 321. The molecule has 2 amide bonds. The van der Waals surface area contributed by atoms with Gasteiger partial charge in [0.15, 0.2) is 0 Å². The van der Waals surface area contributed by atoms with Crippen molar-refractivity contribution in [1.29, 1.82) is 0 Å². The van der Waals surface area contributed by atoms with E-state index in [9.17, 15) is 14.4 Å². The molecule has 0 aromatic heterocycles. The maximum atomic E-state index is 11.5. The third-order valence-corrected chi connectivity index (χ3v) is 2.97. The highest BCUT2D eigenvalue weighted by Gasteiger charge is 2.59. The topological polar surface area (TPSA) is 86.7 Å². The molecule has 1 saturated carbocycles. The molecular weight excluding hydrogens is 200 g/mol. The predicted octanol–water partition coefficient (Wildman–Crippen LogP) is -1.34. The molecule has 2 rings (SSSR count). The Morgan fingerprint density at radius 2 is 2.07 bits per heavy atom. The van der Waals surface area contributed by atoms with Crippen LogP contribution in [0, 0.1) is 11.8 Å². The van der Waals surface area contributed by atoms with Crippen molar-refractivity contribution >= 4 is 17.8 Å². The third kappa shape index (κ3) is 1.50. The number of rotatable bonds is 4. The van der Waals surface area contributed by atoms with Crippen LogP contribution < -0.4 is 5.32 Å². The normalized spacial score (nSPS) is 30.3. The highest BCUT2D eigenvalue weighted by Crippen LogP contribution is 2.46. The number of hydrogen-bond acceptors (Lipinski definition) is 4. The Labute approximate surface area is 86.2 Å². The number of nitrogens with zero attached hydrogens (tertiary/aromatic N) is 1. The summed E-state index contributed by atoms with van der Waals surface area (Å²) >= 11 is 0. The standard InChI is InChI=1S/C9H12N2O4/c1-10-6(9(14)15)3-11-7(12)4-2-5(4)8(11)13/h4-6,10H,2-3H2,1H3,(H,14,15). The van der Waals surface area contributed by atoms with Crippen LogP contribution in [-0.2, 0) is 14.4 Å². The van der Waals surface area contributed by atoms with E-state index in [-0.39, 0.29) is 30.2 Å². The number of piperidine rings is 1. The molecule has 0 aromatic carbocycles. The highest BCUT2D eigenvalue weighted by molar-refractivity contribution is 6.09. The number of likely N-dealkylation sites (N-methyl/N-ethyl adjacent to an activating group) is 1. The van der Waals surface area contributed by atoms with E-state index in [4.69, 9.17) is 5.11 Å². The molecule has 1 aliphatic heterocycles. The summed E-state index contributed by atoms with van der Waals surface area (Å²) in [7, 11) is 1.49. The highest BCUT2D eigenvalue weighted by atomic mass is 16.4. The first-order chi connectivity index (χ1) is 7.06. The Hall–Kier alpha value is -1.43. The number of carbonyl (C=O) groups is 3. The Balaban J connectivity index is 2.03. The van der Waals surface area contributed by atoms with Gasteiger partial charge in [0, 0.05) is 0 Å². The molecule has 0 spiro atoms. The number of imide groups is 1. The lowest BCUT2D eigenvalue weighted by Crippen LogP contribution is -2.47. The second-order valence-electron chi connectivity index (χ2n) is 3.92. The minimum absolute atomic E-state index is 0.0729. The van der Waals surface area contributed by atoms with Crippen LogP contribution in [0.3, 0.4) is 0 Å². The smallest absolute Gasteiger partial charge is 0.322 e. The maximum absolute atomic E-state index is 11.5. The van der Waals surface area contributed by atoms with Gasteiger partial charge in [0.05, 0.1) is 18.4 Å². The lowest BCUT2D eigenvalue weighted by Gasteiger charge is -2.20. The van der Waals surface area contributed by atoms with E-state index in [1.54, 1.807) is 0 Å². The molecule has 2 aliphatic rings. The van der Waals surface area contributed by atoms with Gasteiger partial charge in [-0.05, 0) is 13.5 Å². The first kappa shape index (κ1) is 10.1.